The molecule has 6 aromatic rings. The number of para-hydroxylation sites is 1. The molecule has 7 heteroatoms. The Hall–Kier alpha value is -4.67. The molecule has 0 fully saturated rings. The summed E-state index contributed by atoms with van der Waals surface area (Å²) in [5, 5.41) is 6.55. The molecule has 0 saturated carbocycles. The van der Waals surface area contributed by atoms with Crippen LogP contribution >= 0.6 is 0 Å². The van der Waals surface area contributed by atoms with Crippen molar-refractivity contribution in [2.45, 2.75) is 20.8 Å². The molecule has 5 nitrogen and oxygen atoms in total. The summed E-state index contributed by atoms with van der Waals surface area (Å²) in [5.74, 6) is 0.881. The SMILES string of the molecule is Cc1cc(C)c(B(c2[c-]c(-c3nc(-c4ccccc4)cn3C)ccc2)c2[c-]c(N3[CH-]N(c4ccccc4)C=N3)ccc2)c(C)c1.[Pt]. The molecule has 0 N–H and O–H groups in total. The van der Waals surface area contributed by atoms with Crippen LogP contribution in [0.25, 0.3) is 22.6 Å². The predicted molar refractivity (Wildman–Crippen MR) is 188 cm³/mol. The van der Waals surface area contributed by atoms with Gasteiger partial charge < -0.3 is 14.5 Å². The molecule has 2 heterocycles. The Morgan fingerprint density at radius 2 is 1.39 bits per heavy atom. The van der Waals surface area contributed by atoms with Crippen molar-refractivity contribution in [1.29, 1.82) is 0 Å². The first-order valence-corrected chi connectivity index (χ1v) is 15.2. The predicted octanol–water partition coefficient (Wildman–Crippen LogP) is 6.18. The maximum Gasteiger partial charge on any atom is 0.198 e. The van der Waals surface area contributed by atoms with Crippen molar-refractivity contribution in [2.75, 3.05) is 9.91 Å². The van der Waals surface area contributed by atoms with Crippen LogP contribution in [-0.2, 0) is 28.1 Å². The first-order chi connectivity index (χ1) is 21.9. The second-order valence-electron chi connectivity index (χ2n) is 11.6. The molecule has 230 valence electrons. The molecule has 1 aliphatic rings. The minimum absolute atomic E-state index is 0. The van der Waals surface area contributed by atoms with Crippen molar-refractivity contribution in [3.63, 3.8) is 0 Å². The van der Waals surface area contributed by atoms with E-state index in [1.807, 2.05) is 66.4 Å². The van der Waals surface area contributed by atoms with Crippen LogP contribution in [-0.4, -0.2) is 22.6 Å². The summed E-state index contributed by atoms with van der Waals surface area (Å²) < 4.78 is 2.09. The Morgan fingerprint density at radius 1 is 0.739 bits per heavy atom. The minimum Gasteiger partial charge on any atom is -0.463 e. The molecule has 0 saturated heterocycles. The zero-order valence-corrected chi connectivity index (χ0v) is 28.5. The summed E-state index contributed by atoms with van der Waals surface area (Å²) in [6, 6.07) is 45.3. The van der Waals surface area contributed by atoms with Crippen LogP contribution in [0.5, 0.6) is 0 Å². The van der Waals surface area contributed by atoms with Crippen LogP contribution in [0.15, 0.2) is 120 Å². The molecule has 0 atom stereocenters. The molecule has 0 unspecified atom stereocenters. The Labute approximate surface area is 286 Å². The molecule has 7 rings (SSSR count). The molecular formula is C39H33BN5Pt-3. The molecular weight excluding hydrogens is 744 g/mol. The van der Waals surface area contributed by atoms with Crippen LogP contribution in [0.4, 0.5) is 11.4 Å². The number of nitrogens with zero attached hydrogens (tertiary/aromatic N) is 5. The summed E-state index contributed by atoms with van der Waals surface area (Å²) in [6.07, 6.45) is 3.91. The second kappa shape index (κ2) is 13.4. The Bertz CT molecular complexity index is 1980. The monoisotopic (exact) mass is 777 g/mol. The standard InChI is InChI=1S/C39H33BN5.Pt/c1-28-21-29(2)38(30(3)22-28)40(34-17-12-20-36(24-34)45-27-44(26-41-45)35-18-9-6-10-19-35)33-16-11-15-32(23-33)39-42-37(25-43(39)4)31-13-7-5-8-14-31;/h5-22,25-27H,1-4H3;/q-3;. The van der Waals surface area contributed by atoms with Crippen molar-refractivity contribution in [3.05, 3.63) is 151 Å². The van der Waals surface area contributed by atoms with E-state index in [9.17, 15) is 0 Å². The normalized spacial score (nSPS) is 12.3. The van der Waals surface area contributed by atoms with Gasteiger partial charge in [0.15, 0.2) is 6.71 Å². The fourth-order valence-electron chi connectivity index (χ4n) is 6.30. The first kappa shape index (κ1) is 31.3. The van der Waals surface area contributed by atoms with Crippen LogP contribution < -0.4 is 26.3 Å². The van der Waals surface area contributed by atoms with Gasteiger partial charge in [-0.25, -0.2) is 0 Å². The Morgan fingerprint density at radius 3 is 2.11 bits per heavy atom. The number of rotatable bonds is 7. The van der Waals surface area contributed by atoms with E-state index >= 15 is 0 Å². The van der Waals surface area contributed by atoms with Crippen molar-refractivity contribution in [1.82, 2.24) is 9.55 Å². The molecule has 0 bridgehead atoms. The molecule has 1 aromatic heterocycles. The molecule has 0 spiro atoms. The van der Waals surface area contributed by atoms with Gasteiger partial charge in [-0.2, -0.15) is 34.2 Å². The van der Waals surface area contributed by atoms with Gasteiger partial charge in [-0.05, 0) is 32.9 Å². The number of anilines is 2. The second-order valence-corrected chi connectivity index (χ2v) is 11.6. The Balaban J connectivity index is 0.00000372. The van der Waals surface area contributed by atoms with Gasteiger partial charge in [0, 0.05) is 45.6 Å². The summed E-state index contributed by atoms with van der Waals surface area (Å²) in [6.45, 7) is 8.47. The summed E-state index contributed by atoms with van der Waals surface area (Å²) in [5.41, 5.74) is 12.1. The Kier molecular flexibility index (Phi) is 9.10. The first-order valence-electron chi connectivity index (χ1n) is 15.2. The van der Waals surface area contributed by atoms with Crippen LogP contribution in [0.3, 0.4) is 0 Å². The van der Waals surface area contributed by atoms with Crippen molar-refractivity contribution in [3.8, 4) is 22.6 Å². The van der Waals surface area contributed by atoms with Crippen LogP contribution in [0.2, 0.25) is 0 Å². The summed E-state index contributed by atoms with van der Waals surface area (Å²) in [4.78, 5) is 7.05. The molecule has 0 amide bonds. The van der Waals surface area contributed by atoms with E-state index in [2.05, 4.69) is 122 Å². The van der Waals surface area contributed by atoms with E-state index in [4.69, 9.17) is 4.98 Å². The van der Waals surface area contributed by atoms with E-state index in [0.717, 1.165) is 44.9 Å². The van der Waals surface area contributed by atoms with Crippen LogP contribution in [0, 0.1) is 39.6 Å². The molecule has 46 heavy (non-hydrogen) atoms. The fourth-order valence-corrected chi connectivity index (χ4v) is 6.30. The van der Waals surface area contributed by atoms with Gasteiger partial charge in [-0.15, -0.1) is 42.6 Å². The van der Waals surface area contributed by atoms with Gasteiger partial charge >= 0.3 is 0 Å². The average Bonchev–Trinajstić information content (AvgIpc) is 3.71. The molecule has 5 aromatic carbocycles. The van der Waals surface area contributed by atoms with Crippen molar-refractivity contribution >= 4 is 40.8 Å². The number of hydrazone groups is 1. The largest absolute Gasteiger partial charge is 0.463 e. The van der Waals surface area contributed by atoms with E-state index < -0.39 is 0 Å². The molecule has 0 radical (unpaired) electrons. The van der Waals surface area contributed by atoms with E-state index in [1.54, 1.807) is 0 Å². The van der Waals surface area contributed by atoms with Gasteiger partial charge in [-0.1, -0.05) is 88.5 Å². The zero-order valence-electron chi connectivity index (χ0n) is 26.3. The topological polar surface area (TPSA) is 36.7 Å². The van der Waals surface area contributed by atoms with Gasteiger partial charge in [0.25, 0.3) is 0 Å². The third-order valence-electron chi connectivity index (χ3n) is 8.29. The number of aromatic nitrogens is 2. The summed E-state index contributed by atoms with van der Waals surface area (Å²) >= 11 is 0. The zero-order chi connectivity index (χ0) is 30.9. The van der Waals surface area contributed by atoms with E-state index in [1.165, 1.54) is 22.2 Å². The van der Waals surface area contributed by atoms with Gasteiger partial charge in [0.05, 0.1) is 17.9 Å². The van der Waals surface area contributed by atoms with Gasteiger partial charge in [-0.3, -0.25) is 4.98 Å². The minimum atomic E-state index is -0.0869. The number of aryl methyl sites for hydroxylation is 4. The third-order valence-corrected chi connectivity index (χ3v) is 8.29. The summed E-state index contributed by atoms with van der Waals surface area (Å²) in [7, 11) is 2.05. The average molecular weight is 778 g/mol. The maximum atomic E-state index is 5.03. The number of hydrogen-bond donors (Lipinski definition) is 0. The molecule has 0 aliphatic carbocycles. The quantitative estimate of drug-likeness (QED) is 0.144. The maximum absolute atomic E-state index is 5.03. The number of hydrogen-bond acceptors (Lipinski definition) is 4. The number of benzene rings is 5. The van der Waals surface area contributed by atoms with Crippen molar-refractivity contribution < 1.29 is 21.1 Å². The van der Waals surface area contributed by atoms with E-state index in [0.29, 0.717) is 0 Å². The van der Waals surface area contributed by atoms with Gasteiger partial charge in [0.1, 0.15) is 0 Å². The van der Waals surface area contributed by atoms with Crippen LogP contribution in [0.1, 0.15) is 16.7 Å². The fraction of sp³-hybridized carbons (Fsp3) is 0.103. The van der Waals surface area contributed by atoms with Crippen molar-refractivity contribution in [2.24, 2.45) is 12.1 Å². The smallest absolute Gasteiger partial charge is 0.198 e. The third kappa shape index (κ3) is 6.23. The molecule has 1 aliphatic heterocycles. The van der Waals surface area contributed by atoms with E-state index in [-0.39, 0.29) is 27.8 Å². The number of imidazole rings is 1. The van der Waals surface area contributed by atoms with Gasteiger partial charge in [0.2, 0.25) is 0 Å².